The van der Waals surface area contributed by atoms with Crippen molar-refractivity contribution in [1.29, 1.82) is 0 Å². The molecule has 0 fully saturated rings. The summed E-state index contributed by atoms with van der Waals surface area (Å²) in [6.07, 6.45) is 0. The first-order chi connectivity index (χ1) is 8.69. The number of methoxy groups -OCH3 is 1. The first-order valence-electron chi connectivity index (χ1n) is 5.51. The highest BCUT2D eigenvalue weighted by Gasteiger charge is 2.03. The first-order valence-corrected chi connectivity index (χ1v) is 6.30. The van der Waals surface area contributed by atoms with E-state index in [0.29, 0.717) is 6.54 Å². The standard InChI is InChI=1S/C14H13BrFNO.ClH/c1-18-14-7-2-11(15)8-10(14)9-17-13-5-3-12(16)4-6-13;/h2-8,17H,9H2,1H3;1H. The van der Waals surface area contributed by atoms with Crippen molar-refractivity contribution in [2.45, 2.75) is 6.54 Å². The highest BCUT2D eigenvalue weighted by atomic mass is 79.9. The van der Waals surface area contributed by atoms with E-state index in [1.807, 2.05) is 18.2 Å². The van der Waals surface area contributed by atoms with Crippen molar-refractivity contribution < 1.29 is 9.13 Å². The van der Waals surface area contributed by atoms with Crippen LogP contribution in [0.1, 0.15) is 5.56 Å². The Morgan fingerprint density at radius 2 is 1.84 bits per heavy atom. The van der Waals surface area contributed by atoms with Gasteiger partial charge in [-0.25, -0.2) is 4.39 Å². The van der Waals surface area contributed by atoms with Gasteiger partial charge >= 0.3 is 0 Å². The molecule has 0 aliphatic carbocycles. The van der Waals surface area contributed by atoms with Crippen LogP contribution in [0.4, 0.5) is 10.1 Å². The van der Waals surface area contributed by atoms with Crippen molar-refractivity contribution in [3.63, 3.8) is 0 Å². The summed E-state index contributed by atoms with van der Waals surface area (Å²) in [5.74, 6) is 0.591. The topological polar surface area (TPSA) is 21.3 Å². The lowest BCUT2D eigenvalue weighted by Crippen LogP contribution is -2.01. The van der Waals surface area contributed by atoms with Crippen LogP contribution in [0.25, 0.3) is 0 Å². The largest absolute Gasteiger partial charge is 0.496 e. The van der Waals surface area contributed by atoms with Crippen molar-refractivity contribution in [1.82, 2.24) is 0 Å². The summed E-state index contributed by atoms with van der Waals surface area (Å²) < 4.78 is 19.1. The first kappa shape index (κ1) is 15.8. The van der Waals surface area contributed by atoms with E-state index in [0.717, 1.165) is 21.5 Å². The minimum atomic E-state index is -0.236. The molecule has 0 atom stereocenters. The second-order valence-corrected chi connectivity index (χ2v) is 4.73. The minimum Gasteiger partial charge on any atom is -0.496 e. The fourth-order valence-electron chi connectivity index (χ4n) is 1.65. The van der Waals surface area contributed by atoms with Gasteiger partial charge in [0.15, 0.2) is 0 Å². The van der Waals surface area contributed by atoms with E-state index in [4.69, 9.17) is 4.74 Å². The average Bonchev–Trinajstić information content (AvgIpc) is 2.38. The van der Waals surface area contributed by atoms with Crippen LogP contribution >= 0.6 is 28.3 Å². The van der Waals surface area contributed by atoms with Crippen LogP contribution in [0.3, 0.4) is 0 Å². The molecule has 2 nitrogen and oxygen atoms in total. The number of benzene rings is 2. The fourth-order valence-corrected chi connectivity index (χ4v) is 2.06. The van der Waals surface area contributed by atoms with Gasteiger partial charge in [-0.05, 0) is 42.5 Å². The Balaban J connectivity index is 0.00000180. The summed E-state index contributed by atoms with van der Waals surface area (Å²) in [4.78, 5) is 0. The maximum Gasteiger partial charge on any atom is 0.123 e. The molecule has 0 radical (unpaired) electrons. The van der Waals surface area contributed by atoms with Gasteiger partial charge in [0, 0.05) is 22.3 Å². The molecule has 0 saturated carbocycles. The summed E-state index contributed by atoms with van der Waals surface area (Å²) in [7, 11) is 1.64. The number of rotatable bonds is 4. The molecule has 0 aliphatic heterocycles. The highest BCUT2D eigenvalue weighted by Crippen LogP contribution is 2.23. The van der Waals surface area contributed by atoms with Gasteiger partial charge in [-0.3, -0.25) is 0 Å². The molecular formula is C14H14BrClFNO. The van der Waals surface area contributed by atoms with Crippen LogP contribution in [0.2, 0.25) is 0 Å². The maximum absolute atomic E-state index is 12.8. The second kappa shape index (κ2) is 7.36. The van der Waals surface area contributed by atoms with E-state index >= 15 is 0 Å². The van der Waals surface area contributed by atoms with Crippen LogP contribution in [-0.2, 0) is 6.54 Å². The lowest BCUT2D eigenvalue weighted by molar-refractivity contribution is 0.410. The molecule has 2 aromatic rings. The minimum absolute atomic E-state index is 0. The van der Waals surface area contributed by atoms with E-state index < -0.39 is 0 Å². The summed E-state index contributed by atoms with van der Waals surface area (Å²) in [5.41, 5.74) is 1.91. The van der Waals surface area contributed by atoms with Gasteiger partial charge in [0.05, 0.1) is 7.11 Å². The molecule has 1 N–H and O–H groups in total. The predicted octanol–water partition coefficient (Wildman–Crippen LogP) is 4.63. The van der Waals surface area contributed by atoms with Gasteiger partial charge in [-0.2, -0.15) is 0 Å². The molecule has 0 aromatic heterocycles. The zero-order chi connectivity index (χ0) is 13.0. The lowest BCUT2D eigenvalue weighted by atomic mass is 10.2. The Labute approximate surface area is 126 Å². The van der Waals surface area contributed by atoms with Crippen LogP contribution in [0, 0.1) is 5.82 Å². The molecule has 0 unspecified atom stereocenters. The third-order valence-corrected chi connectivity index (χ3v) is 3.06. The van der Waals surface area contributed by atoms with E-state index in [1.165, 1.54) is 12.1 Å². The monoisotopic (exact) mass is 345 g/mol. The smallest absolute Gasteiger partial charge is 0.123 e. The number of halogens is 3. The van der Waals surface area contributed by atoms with E-state index in [9.17, 15) is 4.39 Å². The number of ether oxygens (including phenoxy) is 1. The van der Waals surface area contributed by atoms with Gasteiger partial charge in [0.25, 0.3) is 0 Å². The molecule has 19 heavy (non-hydrogen) atoms. The van der Waals surface area contributed by atoms with Crippen molar-refractivity contribution in [3.05, 3.63) is 58.3 Å². The quantitative estimate of drug-likeness (QED) is 0.871. The van der Waals surface area contributed by atoms with E-state index in [-0.39, 0.29) is 18.2 Å². The maximum atomic E-state index is 12.8. The fraction of sp³-hybridized carbons (Fsp3) is 0.143. The molecule has 0 saturated heterocycles. The molecule has 0 spiro atoms. The molecular weight excluding hydrogens is 333 g/mol. The molecule has 2 rings (SSSR count). The Morgan fingerprint density at radius 3 is 2.47 bits per heavy atom. The van der Waals surface area contributed by atoms with Gasteiger partial charge < -0.3 is 10.1 Å². The van der Waals surface area contributed by atoms with Crippen LogP contribution < -0.4 is 10.1 Å². The molecule has 0 bridgehead atoms. The Kier molecular flexibility index (Phi) is 6.12. The number of hydrogen-bond donors (Lipinski definition) is 1. The Hall–Kier alpha value is -1.26. The predicted molar refractivity (Wildman–Crippen MR) is 81.7 cm³/mol. The lowest BCUT2D eigenvalue weighted by Gasteiger charge is -2.11. The van der Waals surface area contributed by atoms with Crippen molar-refractivity contribution in [3.8, 4) is 5.75 Å². The van der Waals surface area contributed by atoms with Gasteiger partial charge in [0.1, 0.15) is 11.6 Å². The van der Waals surface area contributed by atoms with Gasteiger partial charge in [-0.1, -0.05) is 15.9 Å². The second-order valence-electron chi connectivity index (χ2n) is 3.82. The summed E-state index contributed by atoms with van der Waals surface area (Å²) in [5, 5.41) is 3.22. The Bertz CT molecular complexity index is 533. The van der Waals surface area contributed by atoms with Crippen LogP contribution in [-0.4, -0.2) is 7.11 Å². The van der Waals surface area contributed by atoms with Gasteiger partial charge in [0.2, 0.25) is 0 Å². The SMILES string of the molecule is COc1ccc(Br)cc1CNc1ccc(F)cc1.Cl. The molecule has 0 amide bonds. The third kappa shape index (κ3) is 4.40. The molecule has 0 heterocycles. The number of anilines is 1. The Morgan fingerprint density at radius 1 is 1.16 bits per heavy atom. The summed E-state index contributed by atoms with van der Waals surface area (Å²) >= 11 is 3.43. The zero-order valence-corrected chi connectivity index (χ0v) is 12.7. The van der Waals surface area contributed by atoms with E-state index in [1.54, 1.807) is 19.2 Å². The molecule has 5 heteroatoms. The van der Waals surface area contributed by atoms with Crippen molar-refractivity contribution in [2.75, 3.05) is 12.4 Å². The summed E-state index contributed by atoms with van der Waals surface area (Å²) in [6.45, 7) is 0.619. The van der Waals surface area contributed by atoms with E-state index in [2.05, 4.69) is 21.2 Å². The normalized spacial score (nSPS) is 9.63. The average molecular weight is 347 g/mol. The molecule has 2 aromatic carbocycles. The van der Waals surface area contributed by atoms with Crippen molar-refractivity contribution in [2.24, 2.45) is 0 Å². The highest BCUT2D eigenvalue weighted by molar-refractivity contribution is 9.10. The number of nitrogens with one attached hydrogen (secondary N) is 1. The number of hydrogen-bond acceptors (Lipinski definition) is 2. The van der Waals surface area contributed by atoms with Crippen LogP contribution in [0.5, 0.6) is 5.75 Å². The molecule has 0 aliphatic rings. The van der Waals surface area contributed by atoms with Gasteiger partial charge in [-0.15, -0.1) is 12.4 Å². The zero-order valence-electron chi connectivity index (χ0n) is 10.3. The van der Waals surface area contributed by atoms with Crippen LogP contribution in [0.15, 0.2) is 46.9 Å². The summed E-state index contributed by atoms with van der Waals surface area (Å²) in [6, 6.07) is 12.1. The van der Waals surface area contributed by atoms with Crippen molar-refractivity contribution >= 4 is 34.0 Å². The third-order valence-electron chi connectivity index (χ3n) is 2.57. The molecule has 102 valence electrons.